The number of hydrogen-bond donors (Lipinski definition) is 0. The van der Waals surface area contributed by atoms with Crippen LogP contribution in [0.1, 0.15) is 42.6 Å². The van der Waals surface area contributed by atoms with Crippen molar-refractivity contribution in [2.75, 3.05) is 6.61 Å². The molecule has 0 bridgehead atoms. The number of rotatable bonds is 5. The van der Waals surface area contributed by atoms with E-state index in [1.807, 2.05) is 0 Å². The summed E-state index contributed by atoms with van der Waals surface area (Å²) < 4.78 is 10.6. The average Bonchev–Trinajstić information content (AvgIpc) is 2.60. The fourth-order valence-corrected chi connectivity index (χ4v) is 1.73. The van der Waals surface area contributed by atoms with Crippen LogP contribution >= 0.6 is 15.9 Å². The van der Waals surface area contributed by atoms with Crippen molar-refractivity contribution >= 4 is 21.9 Å². The van der Waals surface area contributed by atoms with E-state index in [-0.39, 0.29) is 5.97 Å². The Bertz CT molecular complexity index is 355. The Morgan fingerprint density at radius 2 is 2.25 bits per heavy atom. The highest BCUT2D eigenvalue weighted by molar-refractivity contribution is 9.08. The largest absolute Gasteiger partial charge is 0.464 e. The number of carbonyl (C=O) groups excluding carboxylic acids is 1. The molecule has 0 aliphatic carbocycles. The highest BCUT2D eigenvalue weighted by atomic mass is 79.9. The molecule has 3 nitrogen and oxygen atoms in total. The molecule has 90 valence electrons. The molecule has 0 saturated heterocycles. The lowest BCUT2D eigenvalue weighted by Gasteiger charge is -2.04. The van der Waals surface area contributed by atoms with E-state index in [0.29, 0.717) is 23.4 Å². The number of furan rings is 1. The molecule has 16 heavy (non-hydrogen) atoms. The van der Waals surface area contributed by atoms with E-state index in [1.54, 1.807) is 13.0 Å². The first-order valence-corrected chi connectivity index (χ1v) is 6.55. The predicted octanol–water partition coefficient (Wildman–Crippen LogP) is 3.55. The Kier molecular flexibility index (Phi) is 5.06. The molecular weight excluding hydrogens is 272 g/mol. The molecule has 0 atom stereocenters. The van der Waals surface area contributed by atoms with Crippen molar-refractivity contribution < 1.29 is 13.9 Å². The Balaban J connectivity index is 2.95. The molecule has 1 aromatic rings. The minimum atomic E-state index is -0.297. The van der Waals surface area contributed by atoms with E-state index >= 15 is 0 Å². The quantitative estimate of drug-likeness (QED) is 0.614. The molecule has 1 heterocycles. The van der Waals surface area contributed by atoms with Gasteiger partial charge in [0.05, 0.1) is 11.9 Å². The van der Waals surface area contributed by atoms with E-state index < -0.39 is 0 Å². The van der Waals surface area contributed by atoms with Gasteiger partial charge in [-0.15, -0.1) is 0 Å². The van der Waals surface area contributed by atoms with Gasteiger partial charge in [0.15, 0.2) is 0 Å². The summed E-state index contributed by atoms with van der Waals surface area (Å²) in [5, 5.41) is 0.609. The highest BCUT2D eigenvalue weighted by Crippen LogP contribution is 2.21. The molecule has 0 radical (unpaired) electrons. The van der Waals surface area contributed by atoms with Gasteiger partial charge in [0.2, 0.25) is 0 Å². The second-order valence-corrected chi connectivity index (χ2v) is 4.56. The van der Waals surface area contributed by atoms with E-state index in [0.717, 1.165) is 17.9 Å². The highest BCUT2D eigenvalue weighted by Gasteiger charge is 2.19. The molecule has 0 aliphatic heterocycles. The van der Waals surface area contributed by atoms with Crippen LogP contribution in [0.15, 0.2) is 10.5 Å². The van der Waals surface area contributed by atoms with Crippen molar-refractivity contribution in [1.29, 1.82) is 0 Å². The second kappa shape index (κ2) is 6.09. The Hall–Kier alpha value is -0.770. The summed E-state index contributed by atoms with van der Waals surface area (Å²) in [6, 6.07) is 1.75. The van der Waals surface area contributed by atoms with Gasteiger partial charge in [0.1, 0.15) is 17.1 Å². The fraction of sp³-hybridized carbons (Fsp3) is 0.583. The normalized spacial score (nSPS) is 10.8. The van der Waals surface area contributed by atoms with Gasteiger partial charge in [-0.05, 0) is 18.9 Å². The fourth-order valence-electron chi connectivity index (χ4n) is 1.45. The van der Waals surface area contributed by atoms with Gasteiger partial charge in [0.25, 0.3) is 0 Å². The van der Waals surface area contributed by atoms with Crippen molar-refractivity contribution in [3.63, 3.8) is 0 Å². The zero-order valence-electron chi connectivity index (χ0n) is 9.88. The number of ether oxygens (including phenoxy) is 1. The van der Waals surface area contributed by atoms with Crippen LogP contribution in [0.4, 0.5) is 0 Å². The van der Waals surface area contributed by atoms with Gasteiger partial charge < -0.3 is 9.15 Å². The number of carbonyl (C=O) groups is 1. The third-order valence-corrected chi connectivity index (χ3v) is 2.63. The second-order valence-electron chi connectivity index (χ2n) is 4.00. The Labute approximate surface area is 104 Å². The van der Waals surface area contributed by atoms with Crippen molar-refractivity contribution in [2.24, 2.45) is 5.92 Å². The van der Waals surface area contributed by atoms with Gasteiger partial charge in [-0.3, -0.25) is 0 Å². The number of esters is 1. The standard InChI is InChI=1S/C12H17BrO3/c1-4-15-12(14)10-6-9(7-13)16-11(10)5-8(2)3/h6,8H,4-5,7H2,1-3H3. The molecule has 0 aliphatic rings. The van der Waals surface area contributed by atoms with Crippen molar-refractivity contribution in [3.8, 4) is 0 Å². The minimum Gasteiger partial charge on any atom is -0.464 e. The molecule has 0 N–H and O–H groups in total. The molecule has 4 heteroatoms. The summed E-state index contributed by atoms with van der Waals surface area (Å²) in [7, 11) is 0. The molecular formula is C12H17BrO3. The average molecular weight is 289 g/mol. The van der Waals surface area contributed by atoms with E-state index in [2.05, 4.69) is 29.8 Å². The molecule has 0 fully saturated rings. The van der Waals surface area contributed by atoms with Gasteiger partial charge >= 0.3 is 5.97 Å². The number of hydrogen-bond acceptors (Lipinski definition) is 3. The first kappa shape index (κ1) is 13.3. The summed E-state index contributed by atoms with van der Waals surface area (Å²) in [5.41, 5.74) is 0.560. The first-order chi connectivity index (χ1) is 7.58. The van der Waals surface area contributed by atoms with Crippen LogP contribution in [-0.2, 0) is 16.5 Å². The van der Waals surface area contributed by atoms with E-state index in [9.17, 15) is 4.79 Å². The molecule has 0 saturated carbocycles. The molecule has 0 amide bonds. The van der Waals surface area contributed by atoms with Crippen molar-refractivity contribution in [3.05, 3.63) is 23.2 Å². The molecule has 1 aromatic heterocycles. The first-order valence-electron chi connectivity index (χ1n) is 5.43. The molecule has 0 unspecified atom stereocenters. The van der Waals surface area contributed by atoms with Crippen LogP contribution < -0.4 is 0 Å². The summed E-state index contributed by atoms with van der Waals surface area (Å²) in [6.45, 7) is 6.36. The van der Waals surface area contributed by atoms with Gasteiger partial charge in [-0.2, -0.15) is 0 Å². The van der Waals surface area contributed by atoms with Crippen LogP contribution in [0.3, 0.4) is 0 Å². The zero-order chi connectivity index (χ0) is 12.1. The lowest BCUT2D eigenvalue weighted by atomic mass is 10.1. The van der Waals surface area contributed by atoms with Gasteiger partial charge in [-0.25, -0.2) is 4.79 Å². The van der Waals surface area contributed by atoms with E-state index in [4.69, 9.17) is 9.15 Å². The topological polar surface area (TPSA) is 39.4 Å². The minimum absolute atomic E-state index is 0.297. The van der Waals surface area contributed by atoms with Gasteiger partial charge in [0, 0.05) is 6.42 Å². The molecule has 0 aromatic carbocycles. The SMILES string of the molecule is CCOC(=O)c1cc(CBr)oc1CC(C)C. The lowest BCUT2D eigenvalue weighted by molar-refractivity contribution is 0.0523. The molecule has 0 spiro atoms. The van der Waals surface area contributed by atoms with E-state index in [1.165, 1.54) is 0 Å². The van der Waals surface area contributed by atoms with Crippen LogP contribution in [0.5, 0.6) is 0 Å². The summed E-state index contributed by atoms with van der Waals surface area (Å²) >= 11 is 3.31. The zero-order valence-corrected chi connectivity index (χ0v) is 11.5. The Morgan fingerprint density at radius 3 is 2.75 bits per heavy atom. The maximum Gasteiger partial charge on any atom is 0.341 e. The Morgan fingerprint density at radius 1 is 1.56 bits per heavy atom. The van der Waals surface area contributed by atoms with Crippen molar-refractivity contribution in [2.45, 2.75) is 32.5 Å². The smallest absolute Gasteiger partial charge is 0.341 e. The number of halogens is 1. The maximum atomic E-state index is 11.7. The van der Waals surface area contributed by atoms with Crippen LogP contribution in [0.2, 0.25) is 0 Å². The van der Waals surface area contributed by atoms with Crippen LogP contribution in [0, 0.1) is 5.92 Å². The maximum absolute atomic E-state index is 11.7. The van der Waals surface area contributed by atoms with Crippen LogP contribution in [-0.4, -0.2) is 12.6 Å². The van der Waals surface area contributed by atoms with Gasteiger partial charge in [-0.1, -0.05) is 29.8 Å². The summed E-state index contributed by atoms with van der Waals surface area (Å²) in [4.78, 5) is 11.7. The predicted molar refractivity (Wildman–Crippen MR) is 65.8 cm³/mol. The van der Waals surface area contributed by atoms with Crippen LogP contribution in [0.25, 0.3) is 0 Å². The monoisotopic (exact) mass is 288 g/mol. The summed E-state index contributed by atoms with van der Waals surface area (Å²) in [6.07, 6.45) is 0.751. The third-order valence-electron chi connectivity index (χ3n) is 2.08. The third kappa shape index (κ3) is 3.37. The summed E-state index contributed by atoms with van der Waals surface area (Å²) in [5.74, 6) is 1.64. The lowest BCUT2D eigenvalue weighted by Crippen LogP contribution is -2.07. The number of alkyl halides is 1. The van der Waals surface area contributed by atoms with Crippen molar-refractivity contribution in [1.82, 2.24) is 0 Å². The molecule has 1 rings (SSSR count).